The molecule has 1 amide bonds. The lowest BCUT2D eigenvalue weighted by atomic mass is 10.1. The van der Waals surface area contributed by atoms with Gasteiger partial charge >= 0.3 is 5.97 Å². The largest absolute Gasteiger partial charge is 0.478 e. The molecular formula is C22H15BrN2O4. The standard InChI is InChI=1S/C22H15BrN2O4/c1-13-19(12-18-9-10-20(29-18)14-5-7-16(23)8-6-14)21(26)25(24-13)17-4-2-3-15(11-17)22(27)28/h2-12H,1H3,(H,27,28)/b19-12+. The van der Waals surface area contributed by atoms with Crippen LogP contribution in [0.5, 0.6) is 0 Å². The molecule has 0 saturated heterocycles. The summed E-state index contributed by atoms with van der Waals surface area (Å²) in [4.78, 5) is 24.1. The van der Waals surface area contributed by atoms with Crippen molar-refractivity contribution in [1.82, 2.24) is 0 Å². The third-order valence-electron chi connectivity index (χ3n) is 4.44. The lowest BCUT2D eigenvalue weighted by Gasteiger charge is -2.12. The van der Waals surface area contributed by atoms with E-state index in [1.807, 2.05) is 30.3 Å². The number of amides is 1. The van der Waals surface area contributed by atoms with Crippen LogP contribution in [0.1, 0.15) is 23.0 Å². The maximum atomic E-state index is 12.9. The first-order valence-electron chi connectivity index (χ1n) is 8.73. The third kappa shape index (κ3) is 3.77. The summed E-state index contributed by atoms with van der Waals surface area (Å²) in [5.41, 5.74) is 2.33. The van der Waals surface area contributed by atoms with Gasteiger partial charge in [-0.2, -0.15) is 10.1 Å². The Bertz CT molecular complexity index is 1180. The smallest absolute Gasteiger partial charge is 0.335 e. The van der Waals surface area contributed by atoms with E-state index in [0.717, 1.165) is 10.0 Å². The van der Waals surface area contributed by atoms with Crippen molar-refractivity contribution in [3.05, 3.63) is 82.0 Å². The minimum Gasteiger partial charge on any atom is -0.478 e. The number of carbonyl (C=O) groups is 2. The third-order valence-corrected chi connectivity index (χ3v) is 4.97. The summed E-state index contributed by atoms with van der Waals surface area (Å²) in [6, 6.07) is 17.5. The van der Waals surface area contributed by atoms with E-state index in [-0.39, 0.29) is 11.5 Å². The van der Waals surface area contributed by atoms with Gasteiger partial charge in [-0.25, -0.2) is 4.79 Å². The molecule has 6 nitrogen and oxygen atoms in total. The Morgan fingerprint density at radius 1 is 1.14 bits per heavy atom. The number of halogens is 1. The number of carbonyl (C=O) groups excluding carboxylic acids is 1. The summed E-state index contributed by atoms with van der Waals surface area (Å²) < 4.78 is 6.84. The number of rotatable bonds is 4. The monoisotopic (exact) mass is 450 g/mol. The highest BCUT2D eigenvalue weighted by atomic mass is 79.9. The minimum atomic E-state index is -1.06. The second kappa shape index (κ2) is 7.52. The molecular weight excluding hydrogens is 436 g/mol. The van der Waals surface area contributed by atoms with Crippen LogP contribution in [0.15, 0.2) is 80.2 Å². The molecule has 4 rings (SSSR count). The van der Waals surface area contributed by atoms with Crippen LogP contribution in [0.2, 0.25) is 0 Å². The van der Waals surface area contributed by atoms with Crippen molar-refractivity contribution in [2.45, 2.75) is 6.92 Å². The topological polar surface area (TPSA) is 83.1 Å². The molecule has 1 aliphatic rings. The van der Waals surface area contributed by atoms with Gasteiger partial charge in [0.2, 0.25) is 0 Å². The summed E-state index contributed by atoms with van der Waals surface area (Å²) in [5, 5.41) is 14.6. The molecule has 144 valence electrons. The van der Waals surface area contributed by atoms with Gasteiger partial charge in [0.05, 0.1) is 22.5 Å². The summed E-state index contributed by atoms with van der Waals surface area (Å²) in [6.07, 6.45) is 1.64. The number of benzene rings is 2. The molecule has 1 aliphatic heterocycles. The van der Waals surface area contributed by atoms with Gasteiger partial charge in [-0.05, 0) is 55.5 Å². The average molecular weight is 451 g/mol. The number of hydrazone groups is 1. The van der Waals surface area contributed by atoms with Crippen LogP contribution in [0.25, 0.3) is 17.4 Å². The van der Waals surface area contributed by atoms with Crippen LogP contribution >= 0.6 is 15.9 Å². The molecule has 29 heavy (non-hydrogen) atoms. The number of aromatic carboxylic acids is 1. The van der Waals surface area contributed by atoms with Crippen molar-refractivity contribution in [3.63, 3.8) is 0 Å². The highest BCUT2D eigenvalue weighted by Crippen LogP contribution is 2.28. The highest BCUT2D eigenvalue weighted by molar-refractivity contribution is 9.10. The average Bonchev–Trinajstić information content (AvgIpc) is 3.29. The van der Waals surface area contributed by atoms with Crippen molar-refractivity contribution in [2.24, 2.45) is 5.10 Å². The van der Waals surface area contributed by atoms with E-state index in [4.69, 9.17) is 9.52 Å². The number of hydrogen-bond acceptors (Lipinski definition) is 4. The van der Waals surface area contributed by atoms with Gasteiger partial charge in [-0.3, -0.25) is 4.79 Å². The second-order valence-electron chi connectivity index (χ2n) is 6.42. The maximum Gasteiger partial charge on any atom is 0.335 e. The maximum absolute atomic E-state index is 12.9. The number of anilines is 1. The van der Waals surface area contributed by atoms with Crippen LogP contribution in [-0.2, 0) is 4.79 Å². The second-order valence-corrected chi connectivity index (χ2v) is 7.34. The predicted octanol–water partition coefficient (Wildman–Crippen LogP) is 5.21. The molecule has 0 aliphatic carbocycles. The zero-order valence-electron chi connectivity index (χ0n) is 15.3. The number of nitrogens with zero attached hydrogens (tertiary/aromatic N) is 2. The summed E-state index contributed by atoms with van der Waals surface area (Å²) in [6.45, 7) is 1.73. The minimum absolute atomic E-state index is 0.0887. The van der Waals surface area contributed by atoms with E-state index in [1.165, 1.54) is 17.1 Å². The fraction of sp³-hybridized carbons (Fsp3) is 0.0455. The zero-order valence-corrected chi connectivity index (χ0v) is 16.9. The lowest BCUT2D eigenvalue weighted by molar-refractivity contribution is -0.114. The molecule has 2 heterocycles. The normalized spacial score (nSPS) is 15.1. The number of carboxylic acids is 1. The van der Waals surface area contributed by atoms with E-state index in [1.54, 1.807) is 31.2 Å². The zero-order chi connectivity index (χ0) is 20.5. The fourth-order valence-electron chi connectivity index (χ4n) is 2.97. The summed E-state index contributed by atoms with van der Waals surface area (Å²) in [7, 11) is 0. The summed E-state index contributed by atoms with van der Waals surface area (Å²) >= 11 is 3.40. The van der Waals surface area contributed by atoms with Gasteiger partial charge in [0.1, 0.15) is 11.5 Å². The molecule has 1 aromatic heterocycles. The quantitative estimate of drug-likeness (QED) is 0.552. The molecule has 2 aromatic carbocycles. The summed E-state index contributed by atoms with van der Waals surface area (Å²) in [5.74, 6) is -0.185. The molecule has 0 atom stereocenters. The SMILES string of the molecule is CC1=NN(c2cccc(C(=O)O)c2)C(=O)/C1=C/c1ccc(-c2ccc(Br)cc2)o1. The van der Waals surface area contributed by atoms with Crippen LogP contribution in [0.3, 0.4) is 0 Å². The van der Waals surface area contributed by atoms with Crippen LogP contribution in [0.4, 0.5) is 5.69 Å². The first-order valence-corrected chi connectivity index (χ1v) is 9.52. The van der Waals surface area contributed by atoms with Crippen LogP contribution in [0, 0.1) is 0 Å². The number of hydrogen-bond donors (Lipinski definition) is 1. The molecule has 0 bridgehead atoms. The Kier molecular flexibility index (Phi) is 4.90. The van der Waals surface area contributed by atoms with Gasteiger partial charge in [-0.1, -0.05) is 34.1 Å². The fourth-order valence-corrected chi connectivity index (χ4v) is 3.24. The molecule has 3 aromatic rings. The van der Waals surface area contributed by atoms with Crippen LogP contribution in [-0.4, -0.2) is 22.7 Å². The van der Waals surface area contributed by atoms with Crippen molar-refractivity contribution in [1.29, 1.82) is 0 Å². The van der Waals surface area contributed by atoms with Gasteiger partial charge in [0, 0.05) is 10.0 Å². The molecule has 0 unspecified atom stereocenters. The van der Waals surface area contributed by atoms with E-state index < -0.39 is 5.97 Å². The number of furan rings is 1. The Labute approximate surface area is 174 Å². The first-order chi connectivity index (χ1) is 13.9. The van der Waals surface area contributed by atoms with Gasteiger partial charge in [0.15, 0.2) is 0 Å². The van der Waals surface area contributed by atoms with Crippen molar-refractivity contribution < 1.29 is 19.1 Å². The molecule has 7 heteroatoms. The number of carboxylic acid groups (broad SMARTS) is 1. The van der Waals surface area contributed by atoms with E-state index in [0.29, 0.717) is 28.5 Å². The Balaban J connectivity index is 1.62. The van der Waals surface area contributed by atoms with E-state index >= 15 is 0 Å². The van der Waals surface area contributed by atoms with Gasteiger partial charge in [-0.15, -0.1) is 0 Å². The highest BCUT2D eigenvalue weighted by Gasteiger charge is 2.29. The van der Waals surface area contributed by atoms with E-state index in [9.17, 15) is 9.59 Å². The van der Waals surface area contributed by atoms with Gasteiger partial charge in [0.25, 0.3) is 5.91 Å². The Hall–Kier alpha value is -3.45. The van der Waals surface area contributed by atoms with Crippen molar-refractivity contribution in [2.75, 3.05) is 5.01 Å². The first kappa shape index (κ1) is 18.9. The predicted molar refractivity (Wildman–Crippen MR) is 114 cm³/mol. The molecule has 1 N–H and O–H groups in total. The molecule has 0 saturated carbocycles. The Morgan fingerprint density at radius 3 is 2.62 bits per heavy atom. The molecule has 0 radical (unpaired) electrons. The molecule has 0 spiro atoms. The lowest BCUT2D eigenvalue weighted by Crippen LogP contribution is -2.21. The Morgan fingerprint density at radius 2 is 1.90 bits per heavy atom. The van der Waals surface area contributed by atoms with Crippen LogP contribution < -0.4 is 5.01 Å². The van der Waals surface area contributed by atoms with E-state index in [2.05, 4.69) is 21.0 Å². The van der Waals surface area contributed by atoms with Crippen molar-refractivity contribution >= 4 is 45.3 Å². The van der Waals surface area contributed by atoms with Gasteiger partial charge < -0.3 is 9.52 Å². The molecule has 0 fully saturated rings. The van der Waals surface area contributed by atoms with Crippen molar-refractivity contribution in [3.8, 4) is 11.3 Å².